The van der Waals surface area contributed by atoms with Gasteiger partial charge in [0.25, 0.3) is 0 Å². The zero-order chi connectivity index (χ0) is 12.9. The van der Waals surface area contributed by atoms with Crippen LogP contribution in [0.25, 0.3) is 0 Å². The lowest BCUT2D eigenvalue weighted by Crippen LogP contribution is -2.22. The largest absolute Gasteiger partial charge is 0.379 e. The molecule has 0 aliphatic carbocycles. The van der Waals surface area contributed by atoms with Crippen LogP contribution in [0, 0.1) is 5.92 Å². The molecular weight excluding hydrogens is 224 g/mol. The molecule has 17 heavy (non-hydrogen) atoms. The Morgan fingerprint density at radius 2 is 1.47 bits per heavy atom. The van der Waals surface area contributed by atoms with Crippen LogP contribution in [0.4, 0.5) is 0 Å². The van der Waals surface area contributed by atoms with Crippen LogP contribution < -0.4 is 11.5 Å². The molecule has 0 aliphatic rings. The molecule has 0 aromatic heterocycles. The van der Waals surface area contributed by atoms with Crippen molar-refractivity contribution in [2.75, 3.05) is 46.2 Å². The quantitative estimate of drug-likeness (QED) is 0.454. The van der Waals surface area contributed by atoms with E-state index in [-0.39, 0.29) is 11.8 Å². The Bertz CT molecular complexity index is 190. The standard InChI is InChI=1S/C11H24N2O4/c1-10(11(13)14)2-4-15-6-8-17-9-7-16-5-3-12/h10H,2-9,12H2,1H3,(H2,13,14). The van der Waals surface area contributed by atoms with E-state index in [0.29, 0.717) is 52.6 Å². The van der Waals surface area contributed by atoms with Gasteiger partial charge < -0.3 is 25.7 Å². The summed E-state index contributed by atoms with van der Waals surface area (Å²) in [7, 11) is 0. The lowest BCUT2D eigenvalue weighted by molar-refractivity contribution is -0.121. The molecule has 6 heteroatoms. The van der Waals surface area contributed by atoms with Gasteiger partial charge in [-0.2, -0.15) is 0 Å². The van der Waals surface area contributed by atoms with Crippen molar-refractivity contribution in [3.8, 4) is 0 Å². The molecule has 102 valence electrons. The first-order valence-corrected chi connectivity index (χ1v) is 5.91. The number of carbonyl (C=O) groups excluding carboxylic acids is 1. The SMILES string of the molecule is CC(CCOCCOCCOCCN)C(N)=O. The molecule has 0 radical (unpaired) electrons. The molecule has 1 atom stereocenters. The van der Waals surface area contributed by atoms with Crippen LogP contribution in [0.2, 0.25) is 0 Å². The molecule has 1 amide bonds. The predicted molar refractivity (Wildman–Crippen MR) is 64.5 cm³/mol. The number of hydrogen-bond donors (Lipinski definition) is 2. The van der Waals surface area contributed by atoms with Gasteiger partial charge in [0.15, 0.2) is 0 Å². The number of rotatable bonds is 12. The average Bonchev–Trinajstić information content (AvgIpc) is 2.31. The smallest absolute Gasteiger partial charge is 0.220 e. The second kappa shape index (κ2) is 11.8. The van der Waals surface area contributed by atoms with Gasteiger partial charge in [-0.15, -0.1) is 0 Å². The van der Waals surface area contributed by atoms with E-state index in [9.17, 15) is 4.79 Å². The van der Waals surface area contributed by atoms with Crippen molar-refractivity contribution in [2.24, 2.45) is 17.4 Å². The van der Waals surface area contributed by atoms with Gasteiger partial charge in [-0.25, -0.2) is 0 Å². The van der Waals surface area contributed by atoms with E-state index in [4.69, 9.17) is 25.7 Å². The fourth-order valence-corrected chi connectivity index (χ4v) is 1.03. The highest BCUT2D eigenvalue weighted by atomic mass is 16.5. The van der Waals surface area contributed by atoms with Crippen molar-refractivity contribution in [2.45, 2.75) is 13.3 Å². The van der Waals surface area contributed by atoms with Crippen molar-refractivity contribution >= 4 is 5.91 Å². The Balaban J connectivity index is 3.06. The van der Waals surface area contributed by atoms with E-state index in [1.165, 1.54) is 0 Å². The summed E-state index contributed by atoms with van der Waals surface area (Å²) in [6.07, 6.45) is 0.648. The van der Waals surface area contributed by atoms with Crippen molar-refractivity contribution in [3.63, 3.8) is 0 Å². The molecule has 0 spiro atoms. The van der Waals surface area contributed by atoms with Gasteiger partial charge in [0, 0.05) is 19.1 Å². The van der Waals surface area contributed by atoms with Crippen LogP contribution in [0.3, 0.4) is 0 Å². The first-order valence-electron chi connectivity index (χ1n) is 5.91. The molecule has 0 aromatic rings. The lowest BCUT2D eigenvalue weighted by Gasteiger charge is -2.08. The highest BCUT2D eigenvalue weighted by Crippen LogP contribution is 1.99. The summed E-state index contributed by atoms with van der Waals surface area (Å²) in [5, 5.41) is 0. The van der Waals surface area contributed by atoms with E-state index in [1.807, 2.05) is 0 Å². The molecule has 0 rings (SSSR count). The predicted octanol–water partition coefficient (Wildman–Crippen LogP) is -0.494. The first-order chi connectivity index (χ1) is 8.18. The van der Waals surface area contributed by atoms with E-state index in [2.05, 4.69) is 0 Å². The number of carbonyl (C=O) groups is 1. The van der Waals surface area contributed by atoms with E-state index < -0.39 is 0 Å². The minimum absolute atomic E-state index is 0.138. The van der Waals surface area contributed by atoms with Crippen LogP contribution in [0.1, 0.15) is 13.3 Å². The highest BCUT2D eigenvalue weighted by molar-refractivity contribution is 5.76. The molecule has 0 aliphatic heterocycles. The van der Waals surface area contributed by atoms with Gasteiger partial charge in [0.1, 0.15) is 0 Å². The maximum Gasteiger partial charge on any atom is 0.220 e. The number of hydrogen-bond acceptors (Lipinski definition) is 5. The Hall–Kier alpha value is -0.690. The van der Waals surface area contributed by atoms with Crippen molar-refractivity contribution < 1.29 is 19.0 Å². The normalized spacial score (nSPS) is 12.6. The molecule has 0 fully saturated rings. The molecule has 0 aromatic carbocycles. The van der Waals surface area contributed by atoms with Crippen molar-refractivity contribution in [1.29, 1.82) is 0 Å². The molecule has 0 bridgehead atoms. The number of nitrogens with two attached hydrogens (primary N) is 2. The summed E-state index contributed by atoms with van der Waals surface area (Å²) in [5.41, 5.74) is 10.4. The van der Waals surface area contributed by atoms with Crippen LogP contribution >= 0.6 is 0 Å². The highest BCUT2D eigenvalue weighted by Gasteiger charge is 2.07. The van der Waals surface area contributed by atoms with E-state index in [1.54, 1.807) is 6.92 Å². The third-order valence-electron chi connectivity index (χ3n) is 2.19. The summed E-state index contributed by atoms with van der Waals surface area (Å²) in [6, 6.07) is 0. The maximum atomic E-state index is 10.7. The van der Waals surface area contributed by atoms with Crippen LogP contribution in [-0.4, -0.2) is 52.1 Å². The van der Waals surface area contributed by atoms with Gasteiger partial charge in [0.2, 0.25) is 5.91 Å². The molecule has 1 unspecified atom stereocenters. The van der Waals surface area contributed by atoms with Gasteiger partial charge >= 0.3 is 0 Å². The van der Waals surface area contributed by atoms with Gasteiger partial charge in [0.05, 0.1) is 33.0 Å². The summed E-state index contributed by atoms with van der Waals surface area (Å²) >= 11 is 0. The molecule has 0 saturated heterocycles. The zero-order valence-corrected chi connectivity index (χ0v) is 10.5. The fraction of sp³-hybridized carbons (Fsp3) is 0.909. The van der Waals surface area contributed by atoms with E-state index >= 15 is 0 Å². The van der Waals surface area contributed by atoms with Gasteiger partial charge in [-0.05, 0) is 6.42 Å². The third-order valence-corrected chi connectivity index (χ3v) is 2.19. The number of primary amides is 1. The summed E-state index contributed by atoms with van der Waals surface area (Å²) in [5.74, 6) is -0.428. The van der Waals surface area contributed by atoms with Crippen LogP contribution in [0.5, 0.6) is 0 Å². The van der Waals surface area contributed by atoms with Gasteiger partial charge in [-0.1, -0.05) is 6.92 Å². The molecule has 0 heterocycles. The minimum Gasteiger partial charge on any atom is -0.379 e. The summed E-state index contributed by atoms with van der Waals surface area (Å²) < 4.78 is 15.7. The van der Waals surface area contributed by atoms with Crippen LogP contribution in [-0.2, 0) is 19.0 Å². The fourth-order valence-electron chi connectivity index (χ4n) is 1.03. The summed E-state index contributed by atoms with van der Waals surface area (Å²) in [4.78, 5) is 10.7. The van der Waals surface area contributed by atoms with Gasteiger partial charge in [-0.3, -0.25) is 4.79 Å². The lowest BCUT2D eigenvalue weighted by atomic mass is 10.1. The Labute approximate surface area is 103 Å². The molecular formula is C11H24N2O4. The minimum atomic E-state index is -0.290. The van der Waals surface area contributed by atoms with Crippen molar-refractivity contribution in [3.05, 3.63) is 0 Å². The Kier molecular flexibility index (Phi) is 11.3. The van der Waals surface area contributed by atoms with E-state index in [0.717, 1.165) is 0 Å². The second-order valence-corrected chi connectivity index (χ2v) is 3.72. The second-order valence-electron chi connectivity index (χ2n) is 3.72. The molecule has 6 nitrogen and oxygen atoms in total. The summed E-state index contributed by atoms with van der Waals surface area (Å²) in [6.45, 7) is 5.54. The maximum absolute atomic E-state index is 10.7. The molecule has 0 saturated carbocycles. The average molecular weight is 248 g/mol. The topological polar surface area (TPSA) is 96.8 Å². The first kappa shape index (κ1) is 16.3. The zero-order valence-electron chi connectivity index (χ0n) is 10.5. The van der Waals surface area contributed by atoms with Crippen molar-refractivity contribution in [1.82, 2.24) is 0 Å². The Morgan fingerprint density at radius 1 is 1.00 bits per heavy atom. The monoisotopic (exact) mass is 248 g/mol. The number of amides is 1. The number of ether oxygens (including phenoxy) is 3. The molecule has 4 N–H and O–H groups in total. The van der Waals surface area contributed by atoms with Crippen LogP contribution in [0.15, 0.2) is 0 Å². The Morgan fingerprint density at radius 3 is 1.94 bits per heavy atom. The third kappa shape index (κ3) is 11.6.